The molecule has 2 N–H and O–H groups in total. The van der Waals surface area contributed by atoms with Crippen molar-refractivity contribution in [3.63, 3.8) is 0 Å². The van der Waals surface area contributed by atoms with Crippen LogP contribution in [0.15, 0.2) is 35.3 Å². The normalized spacial score (nSPS) is 14.9. The molecule has 1 fully saturated rings. The van der Waals surface area contributed by atoms with Crippen LogP contribution in [-0.4, -0.2) is 73.5 Å². The van der Waals surface area contributed by atoms with Crippen molar-refractivity contribution in [1.29, 1.82) is 0 Å². The van der Waals surface area contributed by atoms with Crippen LogP contribution < -0.4 is 15.5 Å². The molecule has 1 aliphatic rings. The molecule has 0 spiro atoms. The van der Waals surface area contributed by atoms with Gasteiger partial charge in [0, 0.05) is 64.2 Å². The van der Waals surface area contributed by atoms with Gasteiger partial charge in [-0.1, -0.05) is 12.1 Å². The zero-order valence-corrected chi connectivity index (χ0v) is 22.4. The number of halogens is 1. The topological polar surface area (TPSA) is 60.7 Å². The van der Waals surface area contributed by atoms with Gasteiger partial charge in [0.05, 0.1) is 5.69 Å². The molecule has 0 bridgehead atoms. The van der Waals surface area contributed by atoms with Crippen LogP contribution in [0.5, 0.6) is 0 Å². The highest BCUT2D eigenvalue weighted by Crippen LogP contribution is 2.17. The second-order valence-corrected chi connectivity index (χ2v) is 8.45. The lowest BCUT2D eigenvalue weighted by Gasteiger charge is -2.36. The number of aromatic nitrogens is 2. The van der Waals surface area contributed by atoms with Crippen molar-refractivity contribution < 1.29 is 0 Å². The predicted octanol–water partition coefficient (Wildman–Crippen LogP) is 3.19. The summed E-state index contributed by atoms with van der Waals surface area (Å²) in [4.78, 5) is 9.41. The number of aryl methyl sites for hydroxylation is 4. The van der Waals surface area contributed by atoms with Gasteiger partial charge in [-0.05, 0) is 63.9 Å². The van der Waals surface area contributed by atoms with Crippen molar-refractivity contribution in [3.05, 3.63) is 47.3 Å². The van der Waals surface area contributed by atoms with E-state index in [1.165, 1.54) is 16.9 Å². The van der Waals surface area contributed by atoms with Crippen molar-refractivity contribution in [2.45, 2.75) is 40.2 Å². The molecule has 2 heterocycles. The number of aliphatic imine (C=N–C) groups is 1. The molecule has 2 aromatic rings. The summed E-state index contributed by atoms with van der Waals surface area (Å²) >= 11 is 0. The van der Waals surface area contributed by atoms with Crippen molar-refractivity contribution in [2.75, 3.05) is 57.8 Å². The van der Waals surface area contributed by atoms with Crippen LogP contribution in [0.2, 0.25) is 0 Å². The number of guanidine groups is 1. The van der Waals surface area contributed by atoms with E-state index in [1.54, 1.807) is 0 Å². The van der Waals surface area contributed by atoms with Gasteiger partial charge in [0.2, 0.25) is 0 Å². The Morgan fingerprint density at radius 2 is 1.66 bits per heavy atom. The summed E-state index contributed by atoms with van der Waals surface area (Å²) < 4.78 is 2.08. The third-order valence-corrected chi connectivity index (χ3v) is 5.85. The second-order valence-electron chi connectivity index (χ2n) is 8.45. The Hall–Kier alpha value is -1.81. The average Bonchev–Trinajstić information content (AvgIpc) is 3.09. The number of piperazine rings is 1. The first kappa shape index (κ1) is 26.4. The van der Waals surface area contributed by atoms with Gasteiger partial charge in [0.15, 0.2) is 5.96 Å². The summed E-state index contributed by atoms with van der Waals surface area (Å²) in [7, 11) is 1.83. The van der Waals surface area contributed by atoms with E-state index in [9.17, 15) is 0 Å². The van der Waals surface area contributed by atoms with Crippen molar-refractivity contribution in [3.8, 4) is 0 Å². The Morgan fingerprint density at radius 3 is 2.25 bits per heavy atom. The lowest BCUT2D eigenvalue weighted by Crippen LogP contribution is -2.47. The van der Waals surface area contributed by atoms with Crippen LogP contribution in [0.3, 0.4) is 0 Å². The number of benzene rings is 1. The maximum absolute atomic E-state index is 4.51. The number of rotatable bonds is 9. The molecule has 32 heavy (non-hydrogen) atoms. The Balaban J connectivity index is 0.00000363. The van der Waals surface area contributed by atoms with Crippen LogP contribution in [0.4, 0.5) is 5.69 Å². The molecule has 1 aromatic heterocycles. The number of nitrogens with one attached hydrogen (secondary N) is 2. The quantitative estimate of drug-likeness (QED) is 0.216. The number of hydrogen-bond donors (Lipinski definition) is 2. The van der Waals surface area contributed by atoms with Crippen molar-refractivity contribution >= 4 is 35.6 Å². The van der Waals surface area contributed by atoms with E-state index < -0.39 is 0 Å². The average molecular weight is 554 g/mol. The molecular weight excluding hydrogens is 513 g/mol. The molecule has 1 saturated heterocycles. The first-order valence-electron chi connectivity index (χ1n) is 11.5. The van der Waals surface area contributed by atoms with E-state index in [1.807, 2.05) is 14.0 Å². The summed E-state index contributed by atoms with van der Waals surface area (Å²) in [6, 6.07) is 11.0. The molecular formula is C24H40IN7. The zero-order chi connectivity index (χ0) is 22.1. The molecule has 0 aliphatic carbocycles. The molecule has 8 heteroatoms. The lowest BCUT2D eigenvalue weighted by atomic mass is 10.2. The van der Waals surface area contributed by atoms with Gasteiger partial charge >= 0.3 is 0 Å². The highest BCUT2D eigenvalue weighted by Gasteiger charge is 2.16. The second kappa shape index (κ2) is 13.7. The standard InChI is InChI=1S/C24H39N7.HI/c1-20-8-5-9-23(18-20)30-16-14-29(15-17-30)12-6-10-26-24(25-4)27-11-7-13-31-22(3)19-21(2)28-31;/h5,8-9,18-19H,6-7,10-17H2,1-4H3,(H2,25,26,27);1H. The molecule has 178 valence electrons. The largest absolute Gasteiger partial charge is 0.369 e. The Morgan fingerprint density at radius 1 is 0.969 bits per heavy atom. The minimum absolute atomic E-state index is 0. The SMILES string of the molecule is CN=C(NCCCN1CCN(c2cccc(C)c2)CC1)NCCCn1nc(C)cc1C.I. The van der Waals surface area contributed by atoms with Gasteiger partial charge in [-0.25, -0.2) is 0 Å². The Labute approximate surface area is 210 Å². The molecule has 0 saturated carbocycles. The molecule has 1 aromatic carbocycles. The van der Waals surface area contributed by atoms with Gasteiger partial charge in [-0.15, -0.1) is 24.0 Å². The van der Waals surface area contributed by atoms with Gasteiger partial charge < -0.3 is 15.5 Å². The fourth-order valence-electron chi connectivity index (χ4n) is 4.12. The van der Waals surface area contributed by atoms with E-state index in [0.717, 1.165) is 76.9 Å². The number of anilines is 1. The van der Waals surface area contributed by atoms with Gasteiger partial charge in [0.25, 0.3) is 0 Å². The molecule has 0 unspecified atom stereocenters. The zero-order valence-electron chi connectivity index (χ0n) is 20.1. The van der Waals surface area contributed by atoms with E-state index in [4.69, 9.17) is 0 Å². The maximum Gasteiger partial charge on any atom is 0.190 e. The summed E-state index contributed by atoms with van der Waals surface area (Å²) in [5.41, 5.74) is 4.99. The third kappa shape index (κ3) is 8.27. The van der Waals surface area contributed by atoms with E-state index in [-0.39, 0.29) is 24.0 Å². The lowest BCUT2D eigenvalue weighted by molar-refractivity contribution is 0.255. The summed E-state index contributed by atoms with van der Waals surface area (Å²) in [6.45, 7) is 14.7. The maximum atomic E-state index is 4.51. The van der Waals surface area contributed by atoms with Crippen LogP contribution >= 0.6 is 24.0 Å². The monoisotopic (exact) mass is 553 g/mol. The van der Waals surface area contributed by atoms with Crippen molar-refractivity contribution in [2.24, 2.45) is 4.99 Å². The number of hydrogen-bond acceptors (Lipinski definition) is 4. The van der Waals surface area contributed by atoms with Gasteiger partial charge in [0.1, 0.15) is 0 Å². The first-order valence-corrected chi connectivity index (χ1v) is 11.5. The van der Waals surface area contributed by atoms with Crippen LogP contribution in [0.25, 0.3) is 0 Å². The molecule has 3 rings (SSSR count). The summed E-state index contributed by atoms with van der Waals surface area (Å²) in [6.07, 6.45) is 2.14. The summed E-state index contributed by atoms with van der Waals surface area (Å²) in [5, 5.41) is 11.4. The van der Waals surface area contributed by atoms with Crippen molar-refractivity contribution in [1.82, 2.24) is 25.3 Å². The molecule has 1 aliphatic heterocycles. The minimum atomic E-state index is 0. The van der Waals surface area contributed by atoms with Gasteiger partial charge in [-0.2, -0.15) is 5.10 Å². The van der Waals surface area contributed by atoms with Gasteiger partial charge in [-0.3, -0.25) is 14.6 Å². The fraction of sp³-hybridized carbons (Fsp3) is 0.583. The first-order chi connectivity index (χ1) is 15.0. The highest BCUT2D eigenvalue weighted by molar-refractivity contribution is 14.0. The fourth-order valence-corrected chi connectivity index (χ4v) is 4.12. The molecule has 0 radical (unpaired) electrons. The highest BCUT2D eigenvalue weighted by atomic mass is 127. The third-order valence-electron chi connectivity index (χ3n) is 5.85. The van der Waals surface area contributed by atoms with Crippen LogP contribution in [0.1, 0.15) is 29.8 Å². The Bertz CT molecular complexity index is 841. The molecule has 7 nitrogen and oxygen atoms in total. The molecule has 0 amide bonds. The smallest absolute Gasteiger partial charge is 0.190 e. The summed E-state index contributed by atoms with van der Waals surface area (Å²) in [5.74, 6) is 0.887. The number of nitrogens with zero attached hydrogens (tertiary/aromatic N) is 5. The van der Waals surface area contributed by atoms with E-state index >= 15 is 0 Å². The Kier molecular flexibility index (Phi) is 11.3. The molecule has 0 atom stereocenters. The van der Waals surface area contributed by atoms with E-state index in [2.05, 4.69) is 79.4 Å². The minimum Gasteiger partial charge on any atom is -0.369 e. The predicted molar refractivity (Wildman–Crippen MR) is 146 cm³/mol. The van der Waals surface area contributed by atoms with E-state index in [0.29, 0.717) is 0 Å². The van der Waals surface area contributed by atoms with Crippen LogP contribution in [0, 0.1) is 20.8 Å². The van der Waals surface area contributed by atoms with Crippen LogP contribution in [-0.2, 0) is 6.54 Å².